The average Bonchev–Trinajstić information content (AvgIpc) is 2.68. The summed E-state index contributed by atoms with van der Waals surface area (Å²) < 4.78 is 7.03. The summed E-state index contributed by atoms with van der Waals surface area (Å²) >= 11 is 0. The van der Waals surface area contributed by atoms with E-state index in [1.165, 1.54) is 6.20 Å². The molecular formula is C20H28N4O3. The first-order valence-electron chi connectivity index (χ1n) is 9.58. The lowest BCUT2D eigenvalue weighted by Gasteiger charge is -2.35. The maximum absolute atomic E-state index is 12.5. The van der Waals surface area contributed by atoms with Crippen molar-refractivity contribution < 1.29 is 9.53 Å². The molecule has 0 radical (unpaired) electrons. The molecule has 0 spiro atoms. The van der Waals surface area contributed by atoms with Gasteiger partial charge in [0.1, 0.15) is 6.54 Å². The predicted molar refractivity (Wildman–Crippen MR) is 105 cm³/mol. The van der Waals surface area contributed by atoms with E-state index in [1.807, 2.05) is 18.2 Å². The van der Waals surface area contributed by atoms with E-state index < -0.39 is 0 Å². The van der Waals surface area contributed by atoms with Crippen molar-refractivity contribution in [3.63, 3.8) is 0 Å². The summed E-state index contributed by atoms with van der Waals surface area (Å²) in [6.07, 6.45) is 2.30. The van der Waals surface area contributed by atoms with Crippen molar-refractivity contribution in [1.82, 2.24) is 20.0 Å². The number of fused-ring (bicyclic) bond motifs is 1. The zero-order valence-corrected chi connectivity index (χ0v) is 16.1. The van der Waals surface area contributed by atoms with E-state index in [9.17, 15) is 9.59 Å². The molecule has 1 aliphatic heterocycles. The van der Waals surface area contributed by atoms with Gasteiger partial charge in [-0.25, -0.2) is 0 Å². The minimum atomic E-state index is -0.133. The summed E-state index contributed by atoms with van der Waals surface area (Å²) in [6, 6.07) is 7.52. The van der Waals surface area contributed by atoms with Gasteiger partial charge in [-0.1, -0.05) is 26.0 Å². The number of hydrogen-bond acceptors (Lipinski definition) is 5. The molecule has 3 rings (SSSR count). The van der Waals surface area contributed by atoms with Gasteiger partial charge in [-0.15, -0.1) is 0 Å². The number of carbonyl (C=O) groups excluding carboxylic acids is 1. The molecule has 0 aliphatic carbocycles. The second kappa shape index (κ2) is 9.10. The van der Waals surface area contributed by atoms with E-state index in [0.29, 0.717) is 29.4 Å². The molecule has 7 heteroatoms. The van der Waals surface area contributed by atoms with E-state index >= 15 is 0 Å². The molecule has 0 bridgehead atoms. The van der Waals surface area contributed by atoms with Crippen LogP contribution in [-0.4, -0.2) is 59.5 Å². The van der Waals surface area contributed by atoms with Gasteiger partial charge in [0.05, 0.1) is 24.9 Å². The Bertz CT molecular complexity index is 827. The molecule has 7 nitrogen and oxygen atoms in total. The average molecular weight is 372 g/mol. The zero-order valence-electron chi connectivity index (χ0n) is 16.1. The number of morpholine rings is 1. The molecule has 0 saturated carbocycles. The topological polar surface area (TPSA) is 76.5 Å². The molecule has 1 amide bonds. The molecule has 2 aromatic rings. The van der Waals surface area contributed by atoms with Gasteiger partial charge in [-0.2, -0.15) is 5.10 Å². The van der Waals surface area contributed by atoms with Crippen LogP contribution in [0.25, 0.3) is 10.9 Å². The van der Waals surface area contributed by atoms with Crippen LogP contribution in [0.5, 0.6) is 0 Å². The van der Waals surface area contributed by atoms with Crippen LogP contribution >= 0.6 is 0 Å². The molecule has 1 saturated heterocycles. The molecule has 1 atom stereocenters. The van der Waals surface area contributed by atoms with Crippen molar-refractivity contribution in [2.45, 2.75) is 32.9 Å². The summed E-state index contributed by atoms with van der Waals surface area (Å²) in [6.45, 7) is 8.40. The van der Waals surface area contributed by atoms with Crippen molar-refractivity contribution in [2.75, 3.05) is 32.8 Å². The molecule has 1 fully saturated rings. The quantitative estimate of drug-likeness (QED) is 0.792. The van der Waals surface area contributed by atoms with E-state index in [-0.39, 0.29) is 17.9 Å². The Kier molecular flexibility index (Phi) is 6.58. The van der Waals surface area contributed by atoms with Crippen molar-refractivity contribution in [1.29, 1.82) is 0 Å². The predicted octanol–water partition coefficient (Wildman–Crippen LogP) is 1.26. The minimum Gasteiger partial charge on any atom is -0.379 e. The first-order chi connectivity index (χ1) is 13.0. The summed E-state index contributed by atoms with van der Waals surface area (Å²) in [7, 11) is 0. The number of amides is 1. The minimum absolute atomic E-state index is 0.0955. The number of para-hydroxylation sites is 1. The number of ether oxygens (including phenoxy) is 1. The van der Waals surface area contributed by atoms with Gasteiger partial charge in [-0.05, 0) is 24.5 Å². The van der Waals surface area contributed by atoms with Crippen LogP contribution in [0.4, 0.5) is 0 Å². The summed E-state index contributed by atoms with van der Waals surface area (Å²) in [5.41, 5.74) is 0.540. The molecule has 1 unspecified atom stereocenters. The highest BCUT2D eigenvalue weighted by atomic mass is 16.5. The highest BCUT2D eigenvalue weighted by Gasteiger charge is 2.22. The Hall–Kier alpha value is -2.25. The summed E-state index contributed by atoms with van der Waals surface area (Å²) in [4.78, 5) is 26.8. The molecule has 27 heavy (non-hydrogen) atoms. The Morgan fingerprint density at radius 1 is 1.26 bits per heavy atom. The van der Waals surface area contributed by atoms with Gasteiger partial charge < -0.3 is 10.1 Å². The molecule has 1 aromatic carbocycles. The summed E-state index contributed by atoms with van der Waals surface area (Å²) in [5, 5.41) is 7.76. The highest BCUT2D eigenvalue weighted by Crippen LogP contribution is 2.13. The third-order valence-electron chi connectivity index (χ3n) is 4.90. The van der Waals surface area contributed by atoms with E-state index in [1.54, 1.807) is 10.7 Å². The fourth-order valence-electron chi connectivity index (χ4n) is 3.56. The van der Waals surface area contributed by atoms with E-state index in [4.69, 9.17) is 4.74 Å². The molecule has 1 aliphatic rings. The fourth-order valence-corrected chi connectivity index (χ4v) is 3.56. The van der Waals surface area contributed by atoms with Crippen molar-refractivity contribution in [2.24, 2.45) is 5.92 Å². The van der Waals surface area contributed by atoms with Crippen LogP contribution in [0.3, 0.4) is 0 Å². The molecule has 1 aromatic heterocycles. The molecular weight excluding hydrogens is 344 g/mol. The maximum Gasteiger partial charge on any atom is 0.241 e. The monoisotopic (exact) mass is 372 g/mol. The second-order valence-electron chi connectivity index (χ2n) is 7.42. The standard InChI is InChI=1S/C20H28N4O3/c1-15(2)11-16(23-7-9-27-10-8-23)12-21-20(26)14-24-18-6-4-3-5-17(18)19(25)13-22-24/h3-6,13,15-16H,7-12,14H2,1-2H3,(H,21,26). The van der Waals surface area contributed by atoms with Gasteiger partial charge in [0, 0.05) is 31.1 Å². The van der Waals surface area contributed by atoms with Crippen LogP contribution in [0.15, 0.2) is 35.3 Å². The van der Waals surface area contributed by atoms with E-state index in [2.05, 4.69) is 29.2 Å². The SMILES string of the molecule is CC(C)CC(CNC(=O)Cn1ncc(=O)c2ccccc21)N1CCOCC1. The first kappa shape index (κ1) is 19.5. The number of hydrogen-bond donors (Lipinski definition) is 1. The number of nitrogens with zero attached hydrogens (tertiary/aromatic N) is 3. The van der Waals surface area contributed by atoms with Gasteiger partial charge in [0.25, 0.3) is 0 Å². The van der Waals surface area contributed by atoms with Crippen LogP contribution < -0.4 is 10.7 Å². The maximum atomic E-state index is 12.5. The lowest BCUT2D eigenvalue weighted by Crippen LogP contribution is -2.49. The largest absolute Gasteiger partial charge is 0.379 e. The van der Waals surface area contributed by atoms with Gasteiger partial charge in [0.15, 0.2) is 0 Å². The van der Waals surface area contributed by atoms with Crippen molar-refractivity contribution >= 4 is 16.8 Å². The van der Waals surface area contributed by atoms with Gasteiger partial charge >= 0.3 is 0 Å². The molecule has 2 heterocycles. The first-order valence-corrected chi connectivity index (χ1v) is 9.58. The lowest BCUT2D eigenvalue weighted by molar-refractivity contribution is -0.122. The normalized spacial score (nSPS) is 16.6. The van der Waals surface area contributed by atoms with Crippen LogP contribution in [-0.2, 0) is 16.1 Å². The molecule has 1 N–H and O–H groups in total. The van der Waals surface area contributed by atoms with Gasteiger partial charge in [0.2, 0.25) is 11.3 Å². The number of carbonyl (C=O) groups is 1. The third kappa shape index (κ3) is 5.14. The number of rotatable bonds is 7. The van der Waals surface area contributed by atoms with Gasteiger partial charge in [-0.3, -0.25) is 19.2 Å². The highest BCUT2D eigenvalue weighted by molar-refractivity contribution is 5.81. The second-order valence-corrected chi connectivity index (χ2v) is 7.42. The van der Waals surface area contributed by atoms with Crippen LogP contribution in [0.2, 0.25) is 0 Å². The Morgan fingerprint density at radius 3 is 2.74 bits per heavy atom. The van der Waals surface area contributed by atoms with E-state index in [0.717, 1.165) is 32.7 Å². The lowest BCUT2D eigenvalue weighted by atomic mass is 10.0. The third-order valence-corrected chi connectivity index (χ3v) is 4.90. The molecule has 146 valence electrons. The Balaban J connectivity index is 1.64. The Morgan fingerprint density at radius 2 is 2.00 bits per heavy atom. The number of aromatic nitrogens is 2. The number of benzene rings is 1. The van der Waals surface area contributed by atoms with Crippen LogP contribution in [0.1, 0.15) is 20.3 Å². The summed E-state index contributed by atoms with van der Waals surface area (Å²) in [5.74, 6) is 0.456. The van der Waals surface area contributed by atoms with Crippen LogP contribution in [0, 0.1) is 5.92 Å². The number of nitrogens with one attached hydrogen (secondary N) is 1. The Labute approximate surface area is 159 Å². The van der Waals surface area contributed by atoms with Crippen molar-refractivity contribution in [3.8, 4) is 0 Å². The smallest absolute Gasteiger partial charge is 0.241 e. The fraction of sp³-hybridized carbons (Fsp3) is 0.550. The zero-order chi connectivity index (χ0) is 19.2. The van der Waals surface area contributed by atoms with Crippen molar-refractivity contribution in [3.05, 3.63) is 40.7 Å².